The van der Waals surface area contributed by atoms with Crippen molar-refractivity contribution >= 4 is 23.4 Å². The van der Waals surface area contributed by atoms with Crippen molar-refractivity contribution < 1.29 is 4.79 Å². The Labute approximate surface area is 145 Å². The number of amides is 1. The molecule has 1 aliphatic rings. The zero-order valence-electron chi connectivity index (χ0n) is 13.1. The molecular formula is C21H17NOS. The van der Waals surface area contributed by atoms with E-state index >= 15 is 0 Å². The Morgan fingerprint density at radius 3 is 2.00 bits per heavy atom. The van der Waals surface area contributed by atoms with Crippen LogP contribution >= 0.6 is 11.8 Å². The number of rotatable bonds is 2. The van der Waals surface area contributed by atoms with Gasteiger partial charge in [-0.05, 0) is 23.3 Å². The molecule has 0 bridgehead atoms. The topological polar surface area (TPSA) is 29.1 Å². The highest BCUT2D eigenvalue weighted by atomic mass is 32.2. The second-order valence-corrected chi connectivity index (χ2v) is 7.01. The Balaban J connectivity index is 1.85. The van der Waals surface area contributed by atoms with Crippen LogP contribution in [0.4, 0.5) is 5.69 Å². The minimum absolute atomic E-state index is 0.0391. The van der Waals surface area contributed by atoms with Crippen LogP contribution in [0.1, 0.15) is 22.3 Å². The minimum atomic E-state index is -0.231. The molecule has 1 N–H and O–H groups in total. The van der Waals surface area contributed by atoms with E-state index in [4.69, 9.17) is 0 Å². The number of thioether (sulfide) groups is 1. The quantitative estimate of drug-likeness (QED) is 0.694. The smallest absolute Gasteiger partial charge is 0.233 e. The Hall–Kier alpha value is -2.52. The van der Waals surface area contributed by atoms with Crippen LogP contribution in [0.2, 0.25) is 0 Å². The highest BCUT2D eigenvalue weighted by Crippen LogP contribution is 2.49. The van der Waals surface area contributed by atoms with Gasteiger partial charge in [0.2, 0.25) is 5.91 Å². The third kappa shape index (κ3) is 2.83. The summed E-state index contributed by atoms with van der Waals surface area (Å²) >= 11 is 1.75. The van der Waals surface area contributed by atoms with Crippen molar-refractivity contribution in [2.45, 2.75) is 16.1 Å². The largest absolute Gasteiger partial charge is 0.324 e. The van der Waals surface area contributed by atoms with Gasteiger partial charge in [0, 0.05) is 4.90 Å². The fraction of sp³-hybridized carbons (Fsp3) is 0.0952. The van der Waals surface area contributed by atoms with Crippen LogP contribution in [0.5, 0.6) is 0 Å². The Bertz CT molecular complexity index is 848. The SMILES string of the molecule is O=C1Nc2ccccc2SC(c2ccccc2)C1c1ccccc1. The molecule has 0 aliphatic carbocycles. The predicted octanol–water partition coefficient (Wildman–Crippen LogP) is 5.26. The third-order valence-corrected chi connectivity index (χ3v) is 5.68. The van der Waals surface area contributed by atoms with Crippen LogP contribution in [-0.4, -0.2) is 5.91 Å². The number of para-hydroxylation sites is 1. The molecule has 1 heterocycles. The molecule has 2 unspecified atom stereocenters. The first kappa shape index (κ1) is 15.0. The lowest BCUT2D eigenvalue weighted by Gasteiger charge is -2.24. The predicted molar refractivity (Wildman–Crippen MR) is 99.3 cm³/mol. The van der Waals surface area contributed by atoms with Gasteiger partial charge in [-0.2, -0.15) is 0 Å². The maximum atomic E-state index is 13.0. The van der Waals surface area contributed by atoms with E-state index in [1.54, 1.807) is 11.8 Å². The zero-order chi connectivity index (χ0) is 16.4. The van der Waals surface area contributed by atoms with Gasteiger partial charge < -0.3 is 5.32 Å². The summed E-state index contributed by atoms with van der Waals surface area (Å²) in [4.78, 5) is 14.1. The van der Waals surface area contributed by atoms with Crippen LogP contribution in [0.15, 0.2) is 89.8 Å². The van der Waals surface area contributed by atoms with Gasteiger partial charge in [-0.15, -0.1) is 11.8 Å². The van der Waals surface area contributed by atoms with E-state index in [1.165, 1.54) is 5.56 Å². The Morgan fingerprint density at radius 2 is 1.29 bits per heavy atom. The number of hydrogen-bond donors (Lipinski definition) is 1. The van der Waals surface area contributed by atoms with E-state index in [-0.39, 0.29) is 17.1 Å². The normalized spacial score (nSPS) is 19.9. The summed E-state index contributed by atoms with van der Waals surface area (Å²) < 4.78 is 0. The van der Waals surface area contributed by atoms with Gasteiger partial charge in [-0.1, -0.05) is 72.8 Å². The van der Waals surface area contributed by atoms with Crippen molar-refractivity contribution in [2.24, 2.45) is 0 Å². The van der Waals surface area contributed by atoms with Crippen molar-refractivity contribution in [1.29, 1.82) is 0 Å². The number of carbonyl (C=O) groups excluding carboxylic acids is 1. The minimum Gasteiger partial charge on any atom is -0.324 e. The molecule has 0 saturated carbocycles. The van der Waals surface area contributed by atoms with Crippen molar-refractivity contribution in [1.82, 2.24) is 0 Å². The number of benzene rings is 3. The first-order valence-corrected chi connectivity index (χ1v) is 8.87. The summed E-state index contributed by atoms with van der Waals surface area (Å²) in [6.07, 6.45) is 0. The summed E-state index contributed by atoms with van der Waals surface area (Å²) in [7, 11) is 0. The summed E-state index contributed by atoms with van der Waals surface area (Å²) in [5, 5.41) is 3.15. The van der Waals surface area contributed by atoms with Gasteiger partial charge in [-0.25, -0.2) is 0 Å². The van der Waals surface area contributed by atoms with Gasteiger partial charge in [0.05, 0.1) is 16.9 Å². The van der Waals surface area contributed by atoms with Crippen LogP contribution in [0, 0.1) is 0 Å². The molecule has 3 aromatic carbocycles. The van der Waals surface area contributed by atoms with E-state index in [1.807, 2.05) is 66.7 Å². The van der Waals surface area contributed by atoms with Crippen molar-refractivity contribution in [3.05, 3.63) is 96.1 Å². The molecule has 4 rings (SSSR count). The lowest BCUT2D eigenvalue weighted by Crippen LogP contribution is -2.23. The molecule has 0 saturated heterocycles. The molecule has 2 nitrogen and oxygen atoms in total. The molecule has 3 heteroatoms. The maximum Gasteiger partial charge on any atom is 0.233 e. The lowest BCUT2D eigenvalue weighted by atomic mass is 9.90. The first-order chi connectivity index (χ1) is 11.8. The molecule has 1 aliphatic heterocycles. The van der Waals surface area contributed by atoms with Crippen LogP contribution in [0.25, 0.3) is 0 Å². The summed E-state index contributed by atoms with van der Waals surface area (Å²) in [5.41, 5.74) is 3.11. The number of anilines is 1. The first-order valence-electron chi connectivity index (χ1n) is 7.99. The second-order valence-electron chi connectivity index (χ2n) is 5.82. The maximum absolute atomic E-state index is 13.0. The van der Waals surface area contributed by atoms with E-state index < -0.39 is 0 Å². The standard InChI is InChI=1S/C21H17NOS/c23-21-19(15-9-3-1-4-10-15)20(16-11-5-2-6-12-16)24-18-14-8-7-13-17(18)22-21/h1-14,19-20H,(H,22,23). The van der Waals surface area contributed by atoms with Gasteiger partial charge in [0.25, 0.3) is 0 Å². The molecule has 24 heavy (non-hydrogen) atoms. The van der Waals surface area contributed by atoms with E-state index in [9.17, 15) is 4.79 Å². The van der Waals surface area contributed by atoms with Gasteiger partial charge >= 0.3 is 0 Å². The monoisotopic (exact) mass is 331 g/mol. The summed E-state index contributed by atoms with van der Waals surface area (Å²) in [6, 6.07) is 28.4. The van der Waals surface area contributed by atoms with Crippen LogP contribution in [-0.2, 0) is 4.79 Å². The van der Waals surface area contributed by atoms with E-state index in [0.29, 0.717) is 0 Å². The van der Waals surface area contributed by atoms with Crippen molar-refractivity contribution in [3.63, 3.8) is 0 Å². The van der Waals surface area contributed by atoms with Crippen molar-refractivity contribution in [3.8, 4) is 0 Å². The molecule has 0 radical (unpaired) electrons. The number of nitrogens with one attached hydrogen (secondary N) is 1. The molecule has 118 valence electrons. The van der Waals surface area contributed by atoms with Crippen molar-refractivity contribution in [2.75, 3.05) is 5.32 Å². The number of carbonyl (C=O) groups is 1. The number of hydrogen-bond acceptors (Lipinski definition) is 2. The summed E-state index contributed by atoms with van der Waals surface area (Å²) in [5.74, 6) is -0.182. The third-order valence-electron chi connectivity index (χ3n) is 4.27. The lowest BCUT2D eigenvalue weighted by molar-refractivity contribution is -0.117. The average molecular weight is 331 g/mol. The molecule has 3 aromatic rings. The van der Waals surface area contributed by atoms with E-state index in [2.05, 4.69) is 23.5 Å². The van der Waals surface area contributed by atoms with Gasteiger partial charge in [0.15, 0.2) is 0 Å². The van der Waals surface area contributed by atoms with Gasteiger partial charge in [0.1, 0.15) is 0 Å². The van der Waals surface area contributed by atoms with Crippen LogP contribution in [0.3, 0.4) is 0 Å². The molecule has 0 spiro atoms. The Morgan fingerprint density at radius 1 is 0.708 bits per heavy atom. The summed E-state index contributed by atoms with van der Waals surface area (Å²) in [6.45, 7) is 0. The zero-order valence-corrected chi connectivity index (χ0v) is 13.9. The van der Waals surface area contributed by atoms with Crippen LogP contribution < -0.4 is 5.32 Å². The molecular weight excluding hydrogens is 314 g/mol. The second kappa shape index (κ2) is 6.54. The fourth-order valence-electron chi connectivity index (χ4n) is 3.12. The fourth-order valence-corrected chi connectivity index (χ4v) is 4.50. The molecule has 0 aromatic heterocycles. The Kier molecular flexibility index (Phi) is 4.09. The highest BCUT2D eigenvalue weighted by Gasteiger charge is 2.35. The highest BCUT2D eigenvalue weighted by molar-refractivity contribution is 7.99. The molecule has 1 amide bonds. The molecule has 0 fully saturated rings. The average Bonchev–Trinajstić information content (AvgIpc) is 2.79. The van der Waals surface area contributed by atoms with E-state index in [0.717, 1.165) is 16.1 Å². The van der Waals surface area contributed by atoms with Gasteiger partial charge in [-0.3, -0.25) is 4.79 Å². The number of fused-ring (bicyclic) bond motifs is 1. The molecule has 2 atom stereocenters.